The van der Waals surface area contributed by atoms with E-state index in [1.54, 1.807) is 18.2 Å². The Morgan fingerprint density at radius 3 is 2.32 bits per heavy atom. The van der Waals surface area contributed by atoms with Crippen LogP contribution in [0.25, 0.3) is 0 Å². The van der Waals surface area contributed by atoms with Crippen LogP contribution in [0.4, 0.5) is 5.69 Å². The summed E-state index contributed by atoms with van der Waals surface area (Å²) < 4.78 is 11.0. The number of halogens is 3. The Morgan fingerprint density at radius 2 is 1.68 bits per heavy atom. The lowest BCUT2D eigenvalue weighted by Crippen LogP contribution is -2.13. The van der Waals surface area contributed by atoms with Gasteiger partial charge in [-0.05, 0) is 36.8 Å². The summed E-state index contributed by atoms with van der Waals surface area (Å²) in [5, 5.41) is 3.83. The minimum absolute atomic E-state index is 0.296. The molecule has 7 heteroatoms. The molecule has 0 heterocycles. The highest BCUT2D eigenvalue weighted by Gasteiger charge is 2.16. The minimum atomic E-state index is -0.379. The summed E-state index contributed by atoms with van der Waals surface area (Å²) in [6.45, 7) is 2.71. The zero-order chi connectivity index (χ0) is 20.5. The van der Waals surface area contributed by atoms with E-state index in [0.29, 0.717) is 44.4 Å². The molecule has 1 amide bonds. The molecule has 2 aromatic carbocycles. The molecule has 0 unspecified atom stereocenters. The van der Waals surface area contributed by atoms with Crippen LogP contribution >= 0.6 is 34.8 Å². The molecule has 2 rings (SSSR count). The topological polar surface area (TPSA) is 47.6 Å². The third-order valence-electron chi connectivity index (χ3n) is 4.16. The number of amides is 1. The molecule has 0 spiro atoms. The summed E-state index contributed by atoms with van der Waals surface area (Å²) in [5.41, 5.74) is 0.770. The molecule has 4 nitrogen and oxygen atoms in total. The van der Waals surface area contributed by atoms with E-state index in [1.165, 1.54) is 38.5 Å². The first-order chi connectivity index (χ1) is 13.5. The van der Waals surface area contributed by atoms with Crippen LogP contribution in [0, 0.1) is 0 Å². The van der Waals surface area contributed by atoms with E-state index >= 15 is 0 Å². The normalized spacial score (nSPS) is 10.6. The Morgan fingerprint density at radius 1 is 1.00 bits per heavy atom. The summed E-state index contributed by atoms with van der Waals surface area (Å²) in [6, 6.07) is 8.03. The molecule has 0 aromatic heterocycles. The third kappa shape index (κ3) is 6.47. The van der Waals surface area contributed by atoms with Crippen molar-refractivity contribution in [1.82, 2.24) is 0 Å². The van der Waals surface area contributed by atoms with Gasteiger partial charge in [-0.2, -0.15) is 0 Å². The zero-order valence-electron chi connectivity index (χ0n) is 16.0. The van der Waals surface area contributed by atoms with E-state index in [-0.39, 0.29) is 5.91 Å². The van der Waals surface area contributed by atoms with Crippen molar-refractivity contribution in [3.05, 3.63) is 51.0 Å². The van der Waals surface area contributed by atoms with Gasteiger partial charge in [0.2, 0.25) is 0 Å². The fourth-order valence-electron chi connectivity index (χ4n) is 2.68. The van der Waals surface area contributed by atoms with Gasteiger partial charge in [-0.3, -0.25) is 4.79 Å². The monoisotopic (exact) mass is 443 g/mol. The van der Waals surface area contributed by atoms with Crippen molar-refractivity contribution in [2.75, 3.05) is 19.0 Å². The quantitative estimate of drug-likeness (QED) is 0.392. The minimum Gasteiger partial charge on any atom is -0.495 e. The molecule has 0 aliphatic rings. The van der Waals surface area contributed by atoms with Gasteiger partial charge in [-0.1, -0.05) is 67.4 Å². The lowest BCUT2D eigenvalue weighted by Gasteiger charge is -2.13. The van der Waals surface area contributed by atoms with Crippen LogP contribution in [0.3, 0.4) is 0 Å². The number of methoxy groups -OCH3 is 1. The van der Waals surface area contributed by atoms with Crippen molar-refractivity contribution in [3.8, 4) is 11.5 Å². The van der Waals surface area contributed by atoms with E-state index in [1.807, 2.05) is 0 Å². The maximum atomic E-state index is 12.6. The number of carbonyl (C=O) groups is 1. The number of hydrogen-bond donors (Lipinski definition) is 1. The molecule has 0 saturated carbocycles. The molecule has 0 aliphatic carbocycles. The van der Waals surface area contributed by atoms with E-state index in [0.717, 1.165) is 12.8 Å². The van der Waals surface area contributed by atoms with Gasteiger partial charge in [-0.15, -0.1) is 0 Å². The van der Waals surface area contributed by atoms with Crippen molar-refractivity contribution in [3.63, 3.8) is 0 Å². The molecule has 152 valence electrons. The van der Waals surface area contributed by atoms with Gasteiger partial charge in [0.15, 0.2) is 5.75 Å². The summed E-state index contributed by atoms with van der Waals surface area (Å²) in [4.78, 5) is 12.6. The number of unbranched alkanes of at least 4 members (excludes halogenated alkanes) is 4. The summed E-state index contributed by atoms with van der Waals surface area (Å²) in [7, 11) is 1.51. The summed E-state index contributed by atoms with van der Waals surface area (Å²) in [6.07, 6.45) is 5.65. The number of benzene rings is 2. The first kappa shape index (κ1) is 22.7. The zero-order valence-corrected chi connectivity index (χ0v) is 18.3. The molecular weight excluding hydrogens is 421 g/mol. The fraction of sp³-hybridized carbons (Fsp3) is 0.381. The highest BCUT2D eigenvalue weighted by molar-refractivity contribution is 6.38. The Kier molecular flexibility index (Phi) is 9.23. The SMILES string of the molecule is CCCCCCCOc1c(Cl)cc(C(=O)Nc2cc(Cl)ccc2OC)cc1Cl. The average molecular weight is 445 g/mol. The summed E-state index contributed by atoms with van der Waals surface area (Å²) in [5.74, 6) is 0.518. The van der Waals surface area contributed by atoms with Crippen LogP contribution in [-0.2, 0) is 0 Å². The van der Waals surface area contributed by atoms with Crippen molar-refractivity contribution in [2.24, 2.45) is 0 Å². The van der Waals surface area contributed by atoms with Gasteiger partial charge >= 0.3 is 0 Å². The van der Waals surface area contributed by atoms with Gasteiger partial charge in [0.05, 0.1) is 29.4 Å². The van der Waals surface area contributed by atoms with E-state index in [9.17, 15) is 4.79 Å². The van der Waals surface area contributed by atoms with Gasteiger partial charge in [0.1, 0.15) is 5.75 Å². The lowest BCUT2D eigenvalue weighted by molar-refractivity contribution is 0.102. The van der Waals surface area contributed by atoms with Crippen LogP contribution in [0.1, 0.15) is 49.4 Å². The number of nitrogens with one attached hydrogen (secondary N) is 1. The number of rotatable bonds is 10. The maximum absolute atomic E-state index is 12.6. The van der Waals surface area contributed by atoms with Crippen molar-refractivity contribution in [2.45, 2.75) is 39.0 Å². The predicted molar refractivity (Wildman–Crippen MR) is 117 cm³/mol. The first-order valence-corrected chi connectivity index (χ1v) is 10.4. The Labute approximate surface area is 181 Å². The molecule has 0 aliphatic heterocycles. The number of carbonyl (C=O) groups excluding carboxylic acids is 1. The molecule has 0 bridgehead atoms. The molecule has 0 fully saturated rings. The predicted octanol–water partition coefficient (Wildman–Crippen LogP) is 7.26. The van der Waals surface area contributed by atoms with Gasteiger partial charge in [0, 0.05) is 10.6 Å². The molecule has 0 radical (unpaired) electrons. The van der Waals surface area contributed by atoms with E-state index in [2.05, 4.69) is 12.2 Å². The third-order valence-corrected chi connectivity index (χ3v) is 4.96. The second kappa shape index (κ2) is 11.4. The molecule has 28 heavy (non-hydrogen) atoms. The highest BCUT2D eigenvalue weighted by Crippen LogP contribution is 2.35. The van der Waals surface area contributed by atoms with E-state index < -0.39 is 0 Å². The van der Waals surface area contributed by atoms with E-state index in [4.69, 9.17) is 44.3 Å². The number of ether oxygens (including phenoxy) is 2. The van der Waals surface area contributed by atoms with Gasteiger partial charge < -0.3 is 14.8 Å². The van der Waals surface area contributed by atoms with Crippen LogP contribution in [-0.4, -0.2) is 19.6 Å². The Balaban J connectivity index is 2.05. The maximum Gasteiger partial charge on any atom is 0.255 e. The van der Waals surface area contributed by atoms with Gasteiger partial charge in [-0.25, -0.2) is 0 Å². The number of anilines is 1. The van der Waals surface area contributed by atoms with Crippen molar-refractivity contribution < 1.29 is 14.3 Å². The van der Waals surface area contributed by atoms with Crippen molar-refractivity contribution >= 4 is 46.4 Å². The van der Waals surface area contributed by atoms with Crippen LogP contribution in [0.15, 0.2) is 30.3 Å². The average Bonchev–Trinajstić information content (AvgIpc) is 2.66. The fourth-order valence-corrected chi connectivity index (χ4v) is 3.45. The summed E-state index contributed by atoms with van der Waals surface area (Å²) >= 11 is 18.6. The van der Waals surface area contributed by atoms with Crippen LogP contribution < -0.4 is 14.8 Å². The lowest BCUT2D eigenvalue weighted by atomic mass is 10.1. The second-order valence-corrected chi connectivity index (χ2v) is 7.58. The first-order valence-electron chi connectivity index (χ1n) is 9.23. The largest absolute Gasteiger partial charge is 0.495 e. The molecule has 2 aromatic rings. The standard InChI is InChI=1S/C21H24Cl3NO3/c1-3-4-5-6-7-10-28-20-16(23)11-14(12-17(20)24)21(26)25-18-13-15(22)8-9-19(18)27-2/h8-9,11-13H,3-7,10H2,1-2H3,(H,25,26). The molecule has 0 saturated heterocycles. The Hall–Kier alpha value is -1.62. The highest BCUT2D eigenvalue weighted by atomic mass is 35.5. The van der Waals surface area contributed by atoms with Crippen LogP contribution in [0.2, 0.25) is 15.1 Å². The number of hydrogen-bond acceptors (Lipinski definition) is 3. The van der Waals surface area contributed by atoms with Crippen molar-refractivity contribution in [1.29, 1.82) is 0 Å². The molecular formula is C21H24Cl3NO3. The second-order valence-electron chi connectivity index (χ2n) is 6.33. The molecule has 0 atom stereocenters. The smallest absolute Gasteiger partial charge is 0.255 e. The molecule has 1 N–H and O–H groups in total. The van der Waals surface area contributed by atoms with Gasteiger partial charge in [0.25, 0.3) is 5.91 Å². The Bertz CT molecular complexity index is 788. The van der Waals surface area contributed by atoms with Crippen LogP contribution in [0.5, 0.6) is 11.5 Å².